The summed E-state index contributed by atoms with van der Waals surface area (Å²) >= 11 is 0. The predicted molar refractivity (Wildman–Crippen MR) is 40.2 cm³/mol. The summed E-state index contributed by atoms with van der Waals surface area (Å²) < 4.78 is 0. The van der Waals surface area contributed by atoms with Gasteiger partial charge in [-0.1, -0.05) is 0 Å². The minimum absolute atomic E-state index is 0. The molecule has 0 aliphatic heterocycles. The summed E-state index contributed by atoms with van der Waals surface area (Å²) in [6.45, 7) is 0. The maximum Gasteiger partial charge on any atom is 0.327 e. The second-order valence-corrected chi connectivity index (χ2v) is 2.24. The van der Waals surface area contributed by atoms with E-state index >= 15 is 0 Å². The number of H-pyrrole nitrogens is 4. The third-order valence-corrected chi connectivity index (χ3v) is 1.42. The third-order valence-electron chi connectivity index (χ3n) is 1.42. The van der Waals surface area contributed by atoms with Gasteiger partial charge in [-0.05, 0) is 0 Å². The van der Waals surface area contributed by atoms with E-state index in [-0.39, 0.29) is 33.5 Å². The van der Waals surface area contributed by atoms with Crippen LogP contribution in [-0.4, -0.2) is 19.9 Å². The summed E-state index contributed by atoms with van der Waals surface area (Å²) in [6, 6.07) is 0. The topological polar surface area (TPSA) is 114 Å². The molecule has 2 aromatic heterocycles. The fourth-order valence-electron chi connectivity index (χ4n) is 0.958. The van der Waals surface area contributed by atoms with E-state index in [4.69, 9.17) is 0 Å². The Morgan fingerprint density at radius 2 is 1.31 bits per heavy atom. The van der Waals surface area contributed by atoms with Crippen LogP contribution in [0.25, 0.3) is 11.2 Å². The zero-order chi connectivity index (χ0) is 8.72. The van der Waals surface area contributed by atoms with Gasteiger partial charge in [0.1, 0.15) is 11.2 Å². The molecule has 7 nitrogen and oxygen atoms in total. The van der Waals surface area contributed by atoms with Crippen LogP contribution in [0.1, 0.15) is 0 Å². The van der Waals surface area contributed by atoms with Crippen LogP contribution < -0.4 is 16.9 Å². The monoisotopic (exact) mass is 275 g/mol. The first-order chi connectivity index (χ1) is 5.66. The molecule has 13 heavy (non-hydrogen) atoms. The van der Waals surface area contributed by atoms with E-state index in [1.807, 2.05) is 4.98 Å². The molecule has 0 saturated heterocycles. The summed E-state index contributed by atoms with van der Waals surface area (Å²) in [6.07, 6.45) is 0. The Morgan fingerprint density at radius 3 is 1.92 bits per heavy atom. The molecule has 73 valence electrons. The molecule has 0 aromatic carbocycles. The van der Waals surface area contributed by atoms with Crippen molar-refractivity contribution in [2.45, 2.75) is 0 Å². The van der Waals surface area contributed by atoms with E-state index in [1.165, 1.54) is 0 Å². The number of imidazole rings is 1. The molecule has 2 heterocycles. The maximum atomic E-state index is 10.9. The second kappa shape index (κ2) is 3.21. The first-order valence-corrected chi connectivity index (χ1v) is 3.11. The van der Waals surface area contributed by atoms with E-state index < -0.39 is 16.9 Å². The van der Waals surface area contributed by atoms with Crippen molar-refractivity contribution in [3.63, 3.8) is 0 Å². The smallest absolute Gasteiger partial charge is 0.300 e. The van der Waals surface area contributed by atoms with Crippen molar-refractivity contribution in [1.82, 2.24) is 19.9 Å². The van der Waals surface area contributed by atoms with Crippen molar-refractivity contribution >= 4 is 11.2 Å². The minimum atomic E-state index is -0.650. The first kappa shape index (κ1) is 9.78. The molecule has 1 radical (unpaired) electrons. The Kier molecular flexibility index (Phi) is 2.41. The van der Waals surface area contributed by atoms with E-state index in [0.29, 0.717) is 0 Å². The van der Waals surface area contributed by atoms with Gasteiger partial charge in [-0.3, -0.25) is 24.7 Å². The van der Waals surface area contributed by atoms with Crippen molar-refractivity contribution in [3.05, 3.63) is 31.3 Å². The Hall–Kier alpha value is -1.31. The van der Waals surface area contributed by atoms with Crippen LogP contribution in [0.15, 0.2) is 14.4 Å². The standard InChI is InChI=1S/C5H4N4O3.Ag/c10-3-1-2(7-4(11)6-1)8-5(12)9-3;/h(H4,6,7,8,9,10,11,12);. The van der Waals surface area contributed by atoms with Gasteiger partial charge in [-0.2, -0.15) is 0 Å². The quantitative estimate of drug-likeness (QED) is 0.427. The largest absolute Gasteiger partial charge is 0.327 e. The number of hydrogen-bond acceptors (Lipinski definition) is 3. The third kappa shape index (κ3) is 1.57. The van der Waals surface area contributed by atoms with Gasteiger partial charge in [-0.25, -0.2) is 9.59 Å². The van der Waals surface area contributed by atoms with Crippen molar-refractivity contribution in [1.29, 1.82) is 0 Å². The second-order valence-electron chi connectivity index (χ2n) is 2.24. The molecule has 0 spiro atoms. The fourth-order valence-corrected chi connectivity index (χ4v) is 0.958. The van der Waals surface area contributed by atoms with Gasteiger partial charge < -0.3 is 0 Å². The SMILES string of the molecule is O=c1[nH]c(=O)c2[nH]c(=O)[nH]c2[nH]1.[Ag]. The number of nitrogens with one attached hydrogen (secondary N) is 4. The van der Waals surface area contributed by atoms with E-state index in [2.05, 4.69) is 15.0 Å². The predicted octanol–water partition coefficient (Wildman–Crippen LogP) is -1.77. The average molecular weight is 276 g/mol. The number of fused-ring (bicyclic) bond motifs is 1. The summed E-state index contributed by atoms with van der Waals surface area (Å²) in [7, 11) is 0. The Bertz CT molecular complexity index is 588. The normalized spacial score (nSPS) is 9.85. The number of aromatic nitrogens is 4. The van der Waals surface area contributed by atoms with Crippen LogP contribution in [0, 0.1) is 0 Å². The number of rotatable bonds is 0. The molecule has 2 rings (SSSR count). The fraction of sp³-hybridized carbons (Fsp3) is 0. The molecular formula is C5H4AgN4O3. The average Bonchev–Trinajstić information content (AvgIpc) is 2.29. The molecule has 8 heteroatoms. The molecule has 0 saturated carbocycles. The molecule has 0 atom stereocenters. The molecule has 2 aromatic rings. The molecule has 4 N–H and O–H groups in total. The summed E-state index contributed by atoms with van der Waals surface area (Å²) in [5.74, 6) is 0. The van der Waals surface area contributed by atoms with Crippen molar-refractivity contribution in [2.75, 3.05) is 0 Å². The molecule has 0 bridgehead atoms. The van der Waals surface area contributed by atoms with Gasteiger partial charge in [0.05, 0.1) is 0 Å². The van der Waals surface area contributed by atoms with Gasteiger partial charge in [0.15, 0.2) is 0 Å². The van der Waals surface area contributed by atoms with Crippen molar-refractivity contribution in [3.8, 4) is 0 Å². The Morgan fingerprint density at radius 1 is 0.769 bits per heavy atom. The van der Waals surface area contributed by atoms with Crippen molar-refractivity contribution < 1.29 is 22.4 Å². The molecule has 0 unspecified atom stereocenters. The zero-order valence-electron chi connectivity index (χ0n) is 6.03. The van der Waals surface area contributed by atoms with Gasteiger partial charge >= 0.3 is 11.4 Å². The van der Waals surface area contributed by atoms with Crippen LogP contribution in [-0.2, 0) is 22.4 Å². The van der Waals surface area contributed by atoms with Crippen LogP contribution in [0.4, 0.5) is 0 Å². The van der Waals surface area contributed by atoms with Gasteiger partial charge in [0.2, 0.25) is 0 Å². The zero-order valence-corrected chi connectivity index (χ0v) is 7.51. The molecule has 0 amide bonds. The van der Waals surface area contributed by atoms with E-state index in [1.54, 1.807) is 0 Å². The Labute approximate surface area is 85.1 Å². The Balaban J connectivity index is 0.000000845. The summed E-state index contributed by atoms with van der Waals surface area (Å²) in [5.41, 5.74) is -1.65. The van der Waals surface area contributed by atoms with Crippen LogP contribution in [0.5, 0.6) is 0 Å². The maximum absolute atomic E-state index is 10.9. The van der Waals surface area contributed by atoms with Gasteiger partial charge in [0, 0.05) is 22.4 Å². The summed E-state index contributed by atoms with van der Waals surface area (Å²) in [4.78, 5) is 41.0. The van der Waals surface area contributed by atoms with Gasteiger partial charge in [-0.15, -0.1) is 0 Å². The van der Waals surface area contributed by atoms with E-state index in [9.17, 15) is 14.4 Å². The molecule has 0 fully saturated rings. The van der Waals surface area contributed by atoms with Crippen LogP contribution >= 0.6 is 0 Å². The van der Waals surface area contributed by atoms with Crippen LogP contribution in [0.3, 0.4) is 0 Å². The summed E-state index contributed by atoms with van der Waals surface area (Å²) in [5, 5.41) is 0. The first-order valence-electron chi connectivity index (χ1n) is 3.11. The molecule has 0 aliphatic rings. The van der Waals surface area contributed by atoms with Crippen LogP contribution in [0.2, 0.25) is 0 Å². The number of hydrogen-bond donors (Lipinski definition) is 4. The van der Waals surface area contributed by atoms with E-state index in [0.717, 1.165) is 0 Å². The number of aromatic amines is 4. The van der Waals surface area contributed by atoms with Gasteiger partial charge in [0.25, 0.3) is 5.56 Å². The minimum Gasteiger partial charge on any atom is -0.300 e. The molecular weight excluding hydrogens is 272 g/mol. The van der Waals surface area contributed by atoms with Crippen molar-refractivity contribution in [2.24, 2.45) is 0 Å². The molecule has 0 aliphatic carbocycles.